The molecule has 3 aliphatic rings. The zero-order chi connectivity index (χ0) is 27.1. The van der Waals surface area contributed by atoms with Crippen LogP contribution in [0.2, 0.25) is 0 Å². The van der Waals surface area contributed by atoms with Crippen LogP contribution in [0.15, 0.2) is 49.6 Å². The van der Waals surface area contributed by atoms with Gasteiger partial charge in [0.05, 0.1) is 35.3 Å². The van der Waals surface area contributed by atoms with Gasteiger partial charge in [-0.3, -0.25) is 9.80 Å². The molecule has 0 radical (unpaired) electrons. The molecule has 37 heavy (non-hydrogen) atoms. The van der Waals surface area contributed by atoms with Crippen molar-refractivity contribution in [1.29, 1.82) is 0 Å². The molecule has 198 valence electrons. The number of sulfonamides is 1. The third kappa shape index (κ3) is 5.09. The van der Waals surface area contributed by atoms with Gasteiger partial charge in [-0.25, -0.2) is 23.1 Å². The largest absolute Gasteiger partial charge is 0.516 e. The van der Waals surface area contributed by atoms with Gasteiger partial charge in [0.1, 0.15) is 17.9 Å². The van der Waals surface area contributed by atoms with E-state index in [0.29, 0.717) is 39.9 Å². The second-order valence-electron chi connectivity index (χ2n) is 7.98. The average molecular weight is 565 g/mol. The van der Waals surface area contributed by atoms with Crippen molar-refractivity contribution >= 4 is 51.6 Å². The van der Waals surface area contributed by atoms with Gasteiger partial charge in [0.25, 0.3) is 0 Å². The number of carbonyl (C=O) groups excluding carboxylic acids is 1. The van der Waals surface area contributed by atoms with E-state index in [9.17, 15) is 35.2 Å². The number of nitrogens with zero attached hydrogens (tertiary/aromatic N) is 5. The van der Waals surface area contributed by atoms with Crippen LogP contribution in [0.25, 0.3) is 0 Å². The first-order chi connectivity index (χ1) is 17.3. The van der Waals surface area contributed by atoms with Crippen molar-refractivity contribution in [3.63, 3.8) is 0 Å². The van der Waals surface area contributed by atoms with E-state index in [1.807, 2.05) is 6.92 Å². The zero-order valence-electron chi connectivity index (χ0n) is 18.9. The number of hydrazone groups is 1. The SMILES string of the molecule is CCC1=C(C(=O)NCc2cc(F)c(N3CCN(S(=O)(=O)C(F)(F)F)C=N3)c(F)c2)C2C=C(Cl)C=NC2=N1. The molecule has 3 heterocycles. The molecule has 0 aliphatic carbocycles. The molecule has 0 spiro atoms. The Morgan fingerprint density at radius 3 is 2.46 bits per heavy atom. The topological polar surface area (TPSA) is 107 Å². The van der Waals surface area contributed by atoms with Crippen molar-refractivity contribution in [2.75, 3.05) is 18.1 Å². The number of hydrogen-bond donors (Lipinski definition) is 1. The molecule has 4 rings (SSSR count). The molecule has 0 saturated carbocycles. The van der Waals surface area contributed by atoms with E-state index in [1.165, 1.54) is 6.21 Å². The summed E-state index contributed by atoms with van der Waals surface area (Å²) < 4.78 is 90.5. The molecule has 1 aromatic rings. The summed E-state index contributed by atoms with van der Waals surface area (Å²) in [6.07, 6.45) is 3.82. The lowest BCUT2D eigenvalue weighted by Gasteiger charge is -2.30. The number of rotatable bonds is 6. The molecule has 1 amide bonds. The number of carbonyl (C=O) groups is 1. The van der Waals surface area contributed by atoms with Crippen LogP contribution >= 0.6 is 11.6 Å². The summed E-state index contributed by atoms with van der Waals surface area (Å²) in [5.74, 6) is -2.86. The summed E-state index contributed by atoms with van der Waals surface area (Å²) in [5.41, 5.74) is -5.33. The Balaban J connectivity index is 1.47. The molecular weight excluding hydrogens is 547 g/mol. The molecule has 9 nitrogen and oxygen atoms in total. The summed E-state index contributed by atoms with van der Waals surface area (Å²) in [6.45, 7) is 0.289. The molecule has 1 unspecified atom stereocenters. The lowest BCUT2D eigenvalue weighted by Crippen LogP contribution is -2.46. The van der Waals surface area contributed by atoms with Crippen LogP contribution in [-0.4, -0.2) is 55.6 Å². The van der Waals surface area contributed by atoms with Gasteiger partial charge in [0.2, 0.25) is 5.91 Å². The Hall–Kier alpha value is -3.33. The van der Waals surface area contributed by atoms with Crippen LogP contribution in [-0.2, 0) is 21.4 Å². The first-order valence-corrected chi connectivity index (χ1v) is 12.5. The molecule has 1 aromatic carbocycles. The van der Waals surface area contributed by atoms with Gasteiger partial charge in [-0.1, -0.05) is 18.5 Å². The Morgan fingerprint density at radius 2 is 1.89 bits per heavy atom. The number of fused-ring (bicyclic) bond motifs is 1. The summed E-state index contributed by atoms with van der Waals surface area (Å²) in [6, 6.07) is 1.86. The van der Waals surface area contributed by atoms with Gasteiger partial charge in [-0.05, 0) is 30.2 Å². The summed E-state index contributed by atoms with van der Waals surface area (Å²) in [5, 5.41) is 7.10. The smallest absolute Gasteiger partial charge is 0.348 e. The fraction of sp³-hybridized carbons (Fsp3) is 0.333. The fourth-order valence-electron chi connectivity index (χ4n) is 3.87. The molecule has 1 N–H and O–H groups in total. The lowest BCUT2D eigenvalue weighted by atomic mass is 9.95. The molecular formula is C21H18ClF5N6O3S. The number of amidine groups is 1. The first-order valence-electron chi connectivity index (χ1n) is 10.7. The second kappa shape index (κ2) is 9.85. The normalized spacial score (nSPS) is 19.7. The number of aliphatic imine (C=N–C) groups is 2. The number of anilines is 1. The molecule has 0 fully saturated rings. The summed E-state index contributed by atoms with van der Waals surface area (Å²) >= 11 is 6.00. The highest BCUT2D eigenvalue weighted by Gasteiger charge is 2.50. The molecule has 0 aromatic heterocycles. The number of halogens is 6. The Bertz CT molecular complexity index is 1380. The minimum Gasteiger partial charge on any atom is -0.348 e. The molecule has 1 atom stereocenters. The van der Waals surface area contributed by atoms with Crippen molar-refractivity contribution in [3.05, 3.63) is 51.7 Å². The maximum Gasteiger partial charge on any atom is 0.516 e. The van der Waals surface area contributed by atoms with Gasteiger partial charge >= 0.3 is 15.5 Å². The minimum atomic E-state index is -5.67. The van der Waals surface area contributed by atoms with Crippen LogP contribution in [0.1, 0.15) is 18.9 Å². The zero-order valence-corrected chi connectivity index (χ0v) is 20.5. The van der Waals surface area contributed by atoms with Gasteiger partial charge < -0.3 is 5.32 Å². The fourth-order valence-corrected chi connectivity index (χ4v) is 4.80. The summed E-state index contributed by atoms with van der Waals surface area (Å²) in [4.78, 5) is 21.4. The first kappa shape index (κ1) is 26.7. The number of allylic oxidation sites excluding steroid dienone is 2. The molecule has 0 bridgehead atoms. The van der Waals surface area contributed by atoms with Crippen LogP contribution < -0.4 is 10.3 Å². The van der Waals surface area contributed by atoms with Crippen molar-refractivity contribution in [1.82, 2.24) is 9.62 Å². The van der Waals surface area contributed by atoms with E-state index in [4.69, 9.17) is 11.6 Å². The molecule has 3 aliphatic heterocycles. The maximum atomic E-state index is 14.8. The van der Waals surface area contributed by atoms with Gasteiger partial charge in [-0.15, -0.1) is 0 Å². The van der Waals surface area contributed by atoms with E-state index >= 15 is 0 Å². The predicted molar refractivity (Wildman–Crippen MR) is 126 cm³/mol. The number of nitrogens with one attached hydrogen (secondary N) is 1. The Kier molecular flexibility index (Phi) is 7.12. The monoisotopic (exact) mass is 564 g/mol. The van der Waals surface area contributed by atoms with Crippen LogP contribution in [0, 0.1) is 17.6 Å². The van der Waals surface area contributed by atoms with E-state index in [1.54, 1.807) is 6.08 Å². The van der Waals surface area contributed by atoms with Crippen LogP contribution in [0.3, 0.4) is 0 Å². The Morgan fingerprint density at radius 1 is 1.22 bits per heavy atom. The second-order valence-corrected chi connectivity index (χ2v) is 10.3. The quantitative estimate of drug-likeness (QED) is 0.535. The summed E-state index contributed by atoms with van der Waals surface area (Å²) in [7, 11) is -5.67. The number of hydrogen-bond acceptors (Lipinski definition) is 7. The van der Waals surface area contributed by atoms with E-state index < -0.39 is 57.8 Å². The van der Waals surface area contributed by atoms with Crippen LogP contribution in [0.5, 0.6) is 0 Å². The van der Waals surface area contributed by atoms with E-state index in [0.717, 1.165) is 12.1 Å². The minimum absolute atomic E-state index is 0.0550. The highest BCUT2D eigenvalue weighted by molar-refractivity contribution is 7.90. The van der Waals surface area contributed by atoms with Crippen molar-refractivity contribution in [2.45, 2.75) is 25.4 Å². The molecule has 16 heteroatoms. The van der Waals surface area contributed by atoms with Crippen molar-refractivity contribution in [3.8, 4) is 0 Å². The van der Waals surface area contributed by atoms with E-state index in [2.05, 4.69) is 20.4 Å². The average Bonchev–Trinajstić information content (AvgIpc) is 3.19. The van der Waals surface area contributed by atoms with Crippen molar-refractivity contribution in [2.24, 2.45) is 21.0 Å². The Labute approximate surface area is 212 Å². The third-order valence-electron chi connectivity index (χ3n) is 5.62. The highest BCUT2D eigenvalue weighted by atomic mass is 35.5. The van der Waals surface area contributed by atoms with Crippen molar-refractivity contribution < 1.29 is 35.2 Å². The van der Waals surface area contributed by atoms with Crippen LogP contribution in [0.4, 0.5) is 27.6 Å². The lowest BCUT2D eigenvalue weighted by molar-refractivity contribution is -0.117. The number of benzene rings is 1. The third-order valence-corrected chi connectivity index (χ3v) is 7.32. The number of dihydropyridines is 1. The standard InChI is InChI=1S/C21H18ClF5N6O3S/c1-2-16-17(13-7-12(22)9-28-19(13)31-16)20(34)29-8-11-5-14(23)18(15(24)6-11)33-4-3-32(10-30-33)37(35,36)21(25,26)27/h5-7,9-10,13H,2-4,8H2,1H3,(H,29,34). The maximum absolute atomic E-state index is 14.8. The van der Waals surface area contributed by atoms with E-state index in [-0.39, 0.29) is 16.4 Å². The number of amides is 1. The molecule has 0 saturated heterocycles. The van der Waals surface area contributed by atoms with Gasteiger partial charge in [0, 0.05) is 12.8 Å². The highest BCUT2D eigenvalue weighted by Crippen LogP contribution is 2.33. The predicted octanol–water partition coefficient (Wildman–Crippen LogP) is 3.40. The van der Waals surface area contributed by atoms with Gasteiger partial charge in [0.15, 0.2) is 11.6 Å². The number of alkyl halides is 3. The van der Waals surface area contributed by atoms with Gasteiger partial charge in [-0.2, -0.15) is 26.7 Å².